The van der Waals surface area contributed by atoms with Gasteiger partial charge in [0.15, 0.2) is 0 Å². The van der Waals surface area contributed by atoms with Crippen LogP contribution in [0.5, 0.6) is 5.75 Å². The molecule has 6 nitrogen and oxygen atoms in total. The number of benzene rings is 2. The monoisotopic (exact) mass is 395 g/mol. The molecule has 2 heterocycles. The van der Waals surface area contributed by atoms with Gasteiger partial charge in [-0.15, -0.1) is 0 Å². The fourth-order valence-corrected chi connectivity index (χ4v) is 3.65. The highest BCUT2D eigenvalue weighted by atomic mass is 19.1. The van der Waals surface area contributed by atoms with Gasteiger partial charge < -0.3 is 14.5 Å². The summed E-state index contributed by atoms with van der Waals surface area (Å²) in [5.74, 6) is 1.23. The molecule has 0 unspecified atom stereocenters. The van der Waals surface area contributed by atoms with Gasteiger partial charge in [0.2, 0.25) is 17.6 Å². The molecule has 4 rings (SSSR count). The van der Waals surface area contributed by atoms with E-state index in [0.29, 0.717) is 36.0 Å². The summed E-state index contributed by atoms with van der Waals surface area (Å²) < 4.78 is 18.2. The van der Waals surface area contributed by atoms with Crippen molar-refractivity contribution in [1.29, 1.82) is 0 Å². The van der Waals surface area contributed by atoms with Crippen LogP contribution in [0.1, 0.15) is 36.6 Å². The number of rotatable bonds is 5. The number of aryl methyl sites for hydroxylation is 1. The first-order valence-corrected chi connectivity index (χ1v) is 9.74. The number of amides is 1. The molecular formula is C22H22FN3O3. The molecule has 1 aliphatic rings. The van der Waals surface area contributed by atoms with Gasteiger partial charge in [0.1, 0.15) is 11.6 Å². The zero-order valence-corrected chi connectivity index (χ0v) is 15.9. The molecule has 1 aromatic heterocycles. The predicted octanol–water partition coefficient (Wildman–Crippen LogP) is 3.92. The Balaban J connectivity index is 1.27. The van der Waals surface area contributed by atoms with Crippen molar-refractivity contribution in [2.75, 3.05) is 13.1 Å². The van der Waals surface area contributed by atoms with Crippen LogP contribution < -0.4 is 0 Å². The molecule has 7 heteroatoms. The van der Waals surface area contributed by atoms with Crippen molar-refractivity contribution < 1.29 is 18.8 Å². The molecule has 150 valence electrons. The molecule has 1 fully saturated rings. The lowest BCUT2D eigenvalue weighted by molar-refractivity contribution is -0.132. The topological polar surface area (TPSA) is 79.5 Å². The smallest absolute Gasteiger partial charge is 0.227 e. The predicted molar refractivity (Wildman–Crippen MR) is 105 cm³/mol. The molecule has 1 saturated heterocycles. The maximum absolute atomic E-state index is 13.0. The number of halogens is 1. The first-order valence-electron chi connectivity index (χ1n) is 9.74. The van der Waals surface area contributed by atoms with E-state index in [-0.39, 0.29) is 17.5 Å². The van der Waals surface area contributed by atoms with Gasteiger partial charge in [0.25, 0.3) is 0 Å². The van der Waals surface area contributed by atoms with Crippen molar-refractivity contribution in [3.05, 3.63) is 65.8 Å². The number of likely N-dealkylation sites (tertiary alicyclic amines) is 1. The van der Waals surface area contributed by atoms with Gasteiger partial charge in [-0.05, 0) is 60.7 Å². The summed E-state index contributed by atoms with van der Waals surface area (Å²) in [7, 11) is 0. The van der Waals surface area contributed by atoms with Crippen LogP contribution in [-0.2, 0) is 11.2 Å². The molecule has 0 saturated carbocycles. The quantitative estimate of drug-likeness (QED) is 0.708. The lowest BCUT2D eigenvalue weighted by Crippen LogP contribution is -2.38. The number of nitrogens with zero attached hydrogens (tertiary/aromatic N) is 3. The summed E-state index contributed by atoms with van der Waals surface area (Å²) in [6.07, 6.45) is 2.51. The fourth-order valence-electron chi connectivity index (χ4n) is 3.65. The summed E-state index contributed by atoms with van der Waals surface area (Å²) >= 11 is 0. The largest absolute Gasteiger partial charge is 0.508 e. The van der Waals surface area contributed by atoms with Gasteiger partial charge >= 0.3 is 0 Å². The molecule has 1 amide bonds. The van der Waals surface area contributed by atoms with Crippen LogP contribution in [0.3, 0.4) is 0 Å². The molecule has 0 aliphatic carbocycles. The highest BCUT2D eigenvalue weighted by molar-refractivity contribution is 5.76. The van der Waals surface area contributed by atoms with Crippen LogP contribution in [0.4, 0.5) is 4.39 Å². The number of carbonyl (C=O) groups excluding carboxylic acids is 1. The van der Waals surface area contributed by atoms with Crippen molar-refractivity contribution in [2.24, 2.45) is 0 Å². The van der Waals surface area contributed by atoms with E-state index in [2.05, 4.69) is 10.1 Å². The van der Waals surface area contributed by atoms with Crippen LogP contribution in [0.15, 0.2) is 53.1 Å². The highest BCUT2D eigenvalue weighted by Crippen LogP contribution is 2.29. The van der Waals surface area contributed by atoms with Crippen LogP contribution >= 0.6 is 0 Å². The molecule has 2 aromatic carbocycles. The number of hydrogen-bond donors (Lipinski definition) is 1. The molecule has 29 heavy (non-hydrogen) atoms. The molecule has 3 aromatic rings. The van der Waals surface area contributed by atoms with Crippen LogP contribution in [0.2, 0.25) is 0 Å². The lowest BCUT2D eigenvalue weighted by atomic mass is 9.89. The van der Waals surface area contributed by atoms with E-state index in [9.17, 15) is 14.3 Å². The number of phenols is 1. The third-order valence-corrected chi connectivity index (χ3v) is 5.34. The maximum Gasteiger partial charge on any atom is 0.227 e. The Morgan fingerprint density at radius 3 is 2.48 bits per heavy atom. The van der Waals surface area contributed by atoms with Crippen molar-refractivity contribution in [3.8, 4) is 17.1 Å². The van der Waals surface area contributed by atoms with Crippen molar-refractivity contribution in [1.82, 2.24) is 15.0 Å². The minimum Gasteiger partial charge on any atom is -0.508 e. The maximum atomic E-state index is 13.0. The minimum atomic E-state index is -0.322. The van der Waals surface area contributed by atoms with E-state index in [1.807, 2.05) is 17.0 Å². The Hall–Kier alpha value is -3.22. The Morgan fingerprint density at radius 2 is 1.79 bits per heavy atom. The molecule has 0 atom stereocenters. The van der Waals surface area contributed by atoms with Crippen molar-refractivity contribution >= 4 is 5.91 Å². The van der Waals surface area contributed by atoms with E-state index >= 15 is 0 Å². The summed E-state index contributed by atoms with van der Waals surface area (Å²) in [4.78, 5) is 18.7. The molecular weight excluding hydrogens is 373 g/mol. The molecule has 1 N–H and O–H groups in total. The zero-order chi connectivity index (χ0) is 20.2. The van der Waals surface area contributed by atoms with E-state index in [1.54, 1.807) is 24.3 Å². The molecule has 0 radical (unpaired) electrons. The number of phenolic OH excluding ortho intramolecular Hbond substituents is 1. The standard InChI is InChI=1S/C22H22FN3O3/c23-18-5-1-17(2-6-18)22-24-20(29-25-22)9-10-21(28)26-13-11-16(12-14-26)15-3-7-19(27)8-4-15/h1-8,16,27H,9-14H2. The summed E-state index contributed by atoms with van der Waals surface area (Å²) in [6, 6.07) is 13.2. The number of aromatic nitrogens is 2. The Morgan fingerprint density at radius 1 is 1.10 bits per heavy atom. The third-order valence-electron chi connectivity index (χ3n) is 5.34. The minimum absolute atomic E-state index is 0.0793. The number of piperidine rings is 1. The van der Waals surface area contributed by atoms with E-state index < -0.39 is 0 Å². The van der Waals surface area contributed by atoms with Crippen LogP contribution in [0, 0.1) is 5.82 Å². The lowest BCUT2D eigenvalue weighted by Gasteiger charge is -2.32. The summed E-state index contributed by atoms with van der Waals surface area (Å²) in [5, 5.41) is 13.3. The summed E-state index contributed by atoms with van der Waals surface area (Å²) in [6.45, 7) is 1.43. The summed E-state index contributed by atoms with van der Waals surface area (Å²) in [5.41, 5.74) is 1.87. The van der Waals surface area contributed by atoms with Gasteiger partial charge in [0.05, 0.1) is 0 Å². The number of aromatic hydroxyl groups is 1. The van der Waals surface area contributed by atoms with E-state index in [1.165, 1.54) is 17.7 Å². The van der Waals surface area contributed by atoms with Gasteiger partial charge in [-0.1, -0.05) is 17.3 Å². The average Bonchev–Trinajstić information content (AvgIpc) is 3.22. The van der Waals surface area contributed by atoms with Gasteiger partial charge in [-0.25, -0.2) is 4.39 Å². The van der Waals surface area contributed by atoms with E-state index in [0.717, 1.165) is 25.9 Å². The van der Waals surface area contributed by atoms with Gasteiger partial charge in [-0.2, -0.15) is 4.98 Å². The van der Waals surface area contributed by atoms with E-state index in [4.69, 9.17) is 4.52 Å². The van der Waals surface area contributed by atoms with Crippen molar-refractivity contribution in [3.63, 3.8) is 0 Å². The Kier molecular flexibility index (Phi) is 5.55. The van der Waals surface area contributed by atoms with Crippen LogP contribution in [-0.4, -0.2) is 39.1 Å². The number of carbonyl (C=O) groups is 1. The normalized spacial score (nSPS) is 14.9. The SMILES string of the molecule is O=C(CCc1nc(-c2ccc(F)cc2)no1)N1CCC(c2ccc(O)cc2)CC1. The second-order valence-corrected chi connectivity index (χ2v) is 7.27. The first-order chi connectivity index (χ1) is 14.1. The third kappa shape index (κ3) is 4.62. The number of hydrogen-bond acceptors (Lipinski definition) is 5. The van der Waals surface area contributed by atoms with Gasteiger partial charge in [0, 0.05) is 31.5 Å². The Labute approximate surface area is 168 Å². The average molecular weight is 395 g/mol. The highest BCUT2D eigenvalue weighted by Gasteiger charge is 2.24. The molecule has 0 spiro atoms. The zero-order valence-electron chi connectivity index (χ0n) is 15.9. The Bertz CT molecular complexity index is 962. The second-order valence-electron chi connectivity index (χ2n) is 7.27. The second kappa shape index (κ2) is 8.43. The molecule has 1 aliphatic heterocycles. The molecule has 0 bridgehead atoms. The van der Waals surface area contributed by atoms with Gasteiger partial charge in [-0.3, -0.25) is 4.79 Å². The van der Waals surface area contributed by atoms with Crippen LogP contribution in [0.25, 0.3) is 11.4 Å². The first kappa shape index (κ1) is 19.1. The fraction of sp³-hybridized carbons (Fsp3) is 0.318. The van der Waals surface area contributed by atoms with Crippen molar-refractivity contribution in [2.45, 2.75) is 31.6 Å².